The summed E-state index contributed by atoms with van der Waals surface area (Å²) in [4.78, 5) is 12.5. The van der Waals surface area contributed by atoms with Gasteiger partial charge in [0.1, 0.15) is 0 Å². The van der Waals surface area contributed by atoms with Crippen LogP contribution in [0.3, 0.4) is 0 Å². The summed E-state index contributed by atoms with van der Waals surface area (Å²) in [6.45, 7) is 0. The van der Waals surface area contributed by atoms with E-state index in [0.717, 1.165) is 27.7 Å². The number of benzene rings is 2. The lowest BCUT2D eigenvalue weighted by atomic mass is 10.0. The lowest BCUT2D eigenvalue weighted by Gasteiger charge is -2.07. The molecule has 23 heavy (non-hydrogen) atoms. The predicted molar refractivity (Wildman–Crippen MR) is 94.3 cm³/mol. The van der Waals surface area contributed by atoms with Gasteiger partial charge in [0.2, 0.25) is 0 Å². The van der Waals surface area contributed by atoms with Crippen molar-refractivity contribution >= 4 is 22.4 Å². The zero-order valence-electron chi connectivity index (χ0n) is 12.5. The summed E-state index contributed by atoms with van der Waals surface area (Å²) in [5, 5.41) is 1.09. The maximum atomic E-state index is 4.81. The summed E-state index contributed by atoms with van der Waals surface area (Å²) in [5.74, 6) is 0.697. The van der Waals surface area contributed by atoms with Crippen LogP contribution in [-0.4, -0.2) is 15.7 Å². The second-order valence-corrected chi connectivity index (χ2v) is 5.30. The van der Waals surface area contributed by atoms with Gasteiger partial charge >= 0.3 is 0 Å². The zero-order chi connectivity index (χ0) is 15.5. The molecule has 0 spiro atoms. The van der Waals surface area contributed by atoms with Crippen LogP contribution < -0.4 is 0 Å². The Bertz CT molecular complexity index is 912. The Morgan fingerprint density at radius 2 is 1.48 bits per heavy atom. The number of fused-ring (bicyclic) bond motifs is 1. The molecule has 0 radical (unpaired) electrons. The summed E-state index contributed by atoms with van der Waals surface area (Å²) in [6.07, 6.45) is 3.76. The van der Waals surface area contributed by atoms with E-state index in [1.165, 1.54) is 0 Å². The molecule has 4 aromatic rings. The van der Waals surface area contributed by atoms with Crippen LogP contribution in [-0.2, 0) is 0 Å². The first-order chi connectivity index (χ1) is 11.4. The maximum Gasteiger partial charge on any atom is 0.154 e. The quantitative estimate of drug-likeness (QED) is 0.546. The van der Waals surface area contributed by atoms with E-state index in [1.807, 2.05) is 60.9 Å². The third kappa shape index (κ3) is 2.77. The van der Waals surface area contributed by atoms with E-state index in [0.29, 0.717) is 5.82 Å². The first-order valence-corrected chi connectivity index (χ1v) is 7.53. The van der Waals surface area contributed by atoms with Crippen LogP contribution in [0.4, 0.5) is 5.82 Å². The molecule has 4 rings (SSSR count). The van der Waals surface area contributed by atoms with E-state index >= 15 is 0 Å². The molecule has 0 aliphatic heterocycles. The molecular weight excluding hydrogens is 282 g/mol. The summed E-state index contributed by atoms with van der Waals surface area (Å²) in [5.41, 5.74) is 4.11. The molecule has 2 heterocycles. The summed E-state index contributed by atoms with van der Waals surface area (Å²) in [6, 6.07) is 24.4. The second kappa shape index (κ2) is 5.89. The van der Waals surface area contributed by atoms with Gasteiger partial charge < -0.3 is 4.98 Å². The van der Waals surface area contributed by atoms with Crippen LogP contribution in [0.25, 0.3) is 10.9 Å². The van der Waals surface area contributed by atoms with Crippen molar-refractivity contribution in [2.24, 2.45) is 4.99 Å². The standard InChI is InChI=1S/C20H15N3/c1-3-7-15(8-4-1)20(16-9-5-2-6-10-16)23-19-13-18-17(14-22-19)11-12-21-18/h1-14,21H. The molecule has 0 unspecified atom stereocenters. The average Bonchev–Trinajstić information content (AvgIpc) is 3.09. The SMILES string of the molecule is c1ccc(C(=Nc2cc3[nH]ccc3cn2)c2ccccc2)cc1. The predicted octanol–water partition coefficient (Wildman–Crippen LogP) is 4.73. The van der Waals surface area contributed by atoms with Crippen molar-refractivity contribution in [3.05, 3.63) is 96.3 Å². The van der Waals surface area contributed by atoms with E-state index < -0.39 is 0 Å². The van der Waals surface area contributed by atoms with Crippen molar-refractivity contribution in [3.63, 3.8) is 0 Å². The fraction of sp³-hybridized carbons (Fsp3) is 0. The number of hydrogen-bond acceptors (Lipinski definition) is 2. The van der Waals surface area contributed by atoms with Crippen LogP contribution >= 0.6 is 0 Å². The van der Waals surface area contributed by atoms with E-state index in [1.54, 1.807) is 0 Å². The van der Waals surface area contributed by atoms with Gasteiger partial charge in [-0.05, 0) is 6.07 Å². The molecule has 0 saturated heterocycles. The van der Waals surface area contributed by atoms with Crippen molar-refractivity contribution in [2.45, 2.75) is 0 Å². The van der Waals surface area contributed by atoms with Gasteiger partial charge in [0.25, 0.3) is 0 Å². The number of rotatable bonds is 3. The van der Waals surface area contributed by atoms with Crippen molar-refractivity contribution in [1.29, 1.82) is 0 Å². The highest BCUT2D eigenvalue weighted by Gasteiger charge is 2.07. The topological polar surface area (TPSA) is 41.0 Å². The molecule has 3 heteroatoms. The molecule has 3 nitrogen and oxygen atoms in total. The number of pyridine rings is 1. The lowest BCUT2D eigenvalue weighted by Crippen LogP contribution is -2.02. The molecule has 0 fully saturated rings. The highest BCUT2D eigenvalue weighted by molar-refractivity contribution is 6.13. The van der Waals surface area contributed by atoms with Gasteiger partial charge in [-0.2, -0.15) is 0 Å². The molecule has 0 saturated carbocycles. The van der Waals surface area contributed by atoms with Crippen LogP contribution in [0.5, 0.6) is 0 Å². The number of hydrogen-bond donors (Lipinski definition) is 1. The van der Waals surface area contributed by atoms with Gasteiger partial charge in [0.05, 0.1) is 11.2 Å². The zero-order valence-corrected chi connectivity index (χ0v) is 12.5. The number of aliphatic imine (C=N–C) groups is 1. The Labute approximate surface area is 134 Å². The van der Waals surface area contributed by atoms with Gasteiger partial charge in [-0.25, -0.2) is 9.98 Å². The summed E-state index contributed by atoms with van der Waals surface area (Å²) >= 11 is 0. The smallest absolute Gasteiger partial charge is 0.154 e. The van der Waals surface area contributed by atoms with E-state index in [4.69, 9.17) is 4.99 Å². The Balaban J connectivity index is 1.87. The molecule has 0 atom stereocenters. The van der Waals surface area contributed by atoms with Crippen molar-refractivity contribution < 1.29 is 0 Å². The molecule has 2 aromatic heterocycles. The third-order valence-corrected chi connectivity index (χ3v) is 3.74. The Hall–Kier alpha value is -3.20. The van der Waals surface area contributed by atoms with Crippen LogP contribution in [0.15, 0.2) is 90.2 Å². The van der Waals surface area contributed by atoms with E-state index in [2.05, 4.69) is 34.2 Å². The number of aromatic nitrogens is 2. The normalized spacial score (nSPS) is 10.6. The minimum absolute atomic E-state index is 0.697. The van der Waals surface area contributed by atoms with Crippen molar-refractivity contribution in [1.82, 2.24) is 9.97 Å². The maximum absolute atomic E-state index is 4.81. The van der Waals surface area contributed by atoms with E-state index in [-0.39, 0.29) is 0 Å². The number of aromatic amines is 1. The minimum atomic E-state index is 0.697. The van der Waals surface area contributed by atoms with Gasteiger partial charge in [0, 0.05) is 35.0 Å². The Kier molecular flexibility index (Phi) is 3.45. The van der Waals surface area contributed by atoms with Gasteiger partial charge in [-0.15, -0.1) is 0 Å². The van der Waals surface area contributed by atoms with Gasteiger partial charge in [0.15, 0.2) is 5.82 Å². The van der Waals surface area contributed by atoms with E-state index in [9.17, 15) is 0 Å². The Morgan fingerprint density at radius 1 is 0.826 bits per heavy atom. The molecule has 0 aliphatic rings. The highest BCUT2D eigenvalue weighted by atomic mass is 14.9. The van der Waals surface area contributed by atoms with Gasteiger partial charge in [-0.3, -0.25) is 0 Å². The second-order valence-electron chi connectivity index (χ2n) is 5.30. The first kappa shape index (κ1) is 13.5. The monoisotopic (exact) mass is 297 g/mol. The summed E-state index contributed by atoms with van der Waals surface area (Å²) < 4.78 is 0. The number of H-pyrrole nitrogens is 1. The molecule has 0 amide bonds. The van der Waals surface area contributed by atoms with Gasteiger partial charge in [-0.1, -0.05) is 60.7 Å². The highest BCUT2D eigenvalue weighted by Crippen LogP contribution is 2.20. The molecule has 1 N–H and O–H groups in total. The van der Waals surface area contributed by atoms with Crippen LogP contribution in [0.1, 0.15) is 11.1 Å². The average molecular weight is 297 g/mol. The van der Waals surface area contributed by atoms with Crippen LogP contribution in [0, 0.1) is 0 Å². The largest absolute Gasteiger partial charge is 0.361 e. The molecule has 110 valence electrons. The third-order valence-electron chi connectivity index (χ3n) is 3.74. The van der Waals surface area contributed by atoms with Crippen LogP contribution in [0.2, 0.25) is 0 Å². The fourth-order valence-electron chi connectivity index (χ4n) is 2.60. The summed E-state index contributed by atoms with van der Waals surface area (Å²) in [7, 11) is 0. The molecular formula is C20H15N3. The number of nitrogens with zero attached hydrogens (tertiary/aromatic N) is 2. The molecule has 0 bridgehead atoms. The fourth-order valence-corrected chi connectivity index (χ4v) is 2.60. The van der Waals surface area contributed by atoms with Crippen molar-refractivity contribution in [2.75, 3.05) is 0 Å². The number of nitrogens with one attached hydrogen (secondary N) is 1. The molecule has 0 aliphatic carbocycles. The Morgan fingerprint density at radius 3 is 2.13 bits per heavy atom. The minimum Gasteiger partial charge on any atom is -0.361 e. The molecule has 2 aromatic carbocycles. The lowest BCUT2D eigenvalue weighted by molar-refractivity contribution is 1.29. The first-order valence-electron chi connectivity index (χ1n) is 7.53. The van der Waals surface area contributed by atoms with Crippen molar-refractivity contribution in [3.8, 4) is 0 Å².